The SMILES string of the molecule is O=C(O)Cc1c([N+](=O)[O-])ncc(OC(F)(F)F)c1F. The molecule has 0 radical (unpaired) electrons. The second kappa shape index (κ2) is 5.04. The lowest BCUT2D eigenvalue weighted by atomic mass is 10.1. The Balaban J connectivity index is 3.33. The van der Waals surface area contributed by atoms with Gasteiger partial charge in [-0.3, -0.25) is 4.79 Å². The van der Waals surface area contributed by atoms with Crippen molar-refractivity contribution in [2.45, 2.75) is 12.8 Å². The van der Waals surface area contributed by atoms with Crippen LogP contribution in [0.1, 0.15) is 5.56 Å². The largest absolute Gasteiger partial charge is 0.573 e. The zero-order chi connectivity index (χ0) is 14.8. The molecule has 0 aromatic carbocycles. The number of carboxylic acids is 1. The number of rotatable bonds is 4. The Morgan fingerprint density at radius 1 is 1.53 bits per heavy atom. The highest BCUT2D eigenvalue weighted by Crippen LogP contribution is 2.30. The fraction of sp³-hybridized carbons (Fsp3) is 0.250. The number of aliphatic carboxylic acids is 1. The first kappa shape index (κ1) is 14.6. The monoisotopic (exact) mass is 284 g/mol. The van der Waals surface area contributed by atoms with Crippen molar-refractivity contribution < 1.29 is 37.1 Å². The van der Waals surface area contributed by atoms with Crippen LogP contribution >= 0.6 is 0 Å². The zero-order valence-corrected chi connectivity index (χ0v) is 8.77. The van der Waals surface area contributed by atoms with Gasteiger partial charge < -0.3 is 20.0 Å². The van der Waals surface area contributed by atoms with Gasteiger partial charge in [-0.1, -0.05) is 0 Å². The normalized spacial score (nSPS) is 11.2. The molecule has 1 aromatic rings. The Hall–Kier alpha value is -2.46. The molecular weight excluding hydrogens is 280 g/mol. The molecule has 0 aliphatic rings. The molecule has 0 aliphatic heterocycles. The van der Waals surface area contributed by atoms with Crippen molar-refractivity contribution in [3.63, 3.8) is 0 Å². The van der Waals surface area contributed by atoms with Gasteiger partial charge in [-0.05, 0) is 9.91 Å². The van der Waals surface area contributed by atoms with E-state index in [1.165, 1.54) is 0 Å². The van der Waals surface area contributed by atoms with Crippen LogP contribution in [0, 0.1) is 15.9 Å². The number of nitro groups is 1. The van der Waals surface area contributed by atoms with Gasteiger partial charge in [0.15, 0.2) is 12.0 Å². The highest BCUT2D eigenvalue weighted by Gasteiger charge is 2.35. The number of carboxylic acid groups (broad SMARTS) is 1. The topological polar surface area (TPSA) is 103 Å². The minimum absolute atomic E-state index is 0.159. The maximum Gasteiger partial charge on any atom is 0.573 e. The summed E-state index contributed by atoms with van der Waals surface area (Å²) in [6, 6.07) is 0. The number of nitrogens with zero attached hydrogens (tertiary/aromatic N) is 2. The number of halogens is 4. The first-order chi connectivity index (χ1) is 8.61. The Morgan fingerprint density at radius 3 is 2.53 bits per heavy atom. The summed E-state index contributed by atoms with van der Waals surface area (Å²) in [5.41, 5.74) is -1.10. The molecule has 7 nitrogen and oxygen atoms in total. The van der Waals surface area contributed by atoms with Gasteiger partial charge in [0.05, 0.1) is 6.42 Å². The van der Waals surface area contributed by atoms with E-state index in [4.69, 9.17) is 5.11 Å². The average molecular weight is 284 g/mol. The van der Waals surface area contributed by atoms with E-state index in [1.807, 2.05) is 0 Å². The van der Waals surface area contributed by atoms with Gasteiger partial charge in [-0.2, -0.15) is 0 Å². The Morgan fingerprint density at radius 2 is 2.11 bits per heavy atom. The van der Waals surface area contributed by atoms with E-state index in [0.717, 1.165) is 0 Å². The highest BCUT2D eigenvalue weighted by atomic mass is 19.4. The zero-order valence-electron chi connectivity index (χ0n) is 8.77. The van der Waals surface area contributed by atoms with Crippen molar-refractivity contribution in [1.29, 1.82) is 0 Å². The van der Waals surface area contributed by atoms with E-state index in [9.17, 15) is 32.5 Å². The molecule has 0 bridgehead atoms. The smallest absolute Gasteiger partial charge is 0.481 e. The summed E-state index contributed by atoms with van der Waals surface area (Å²) in [6.45, 7) is 0. The average Bonchev–Trinajstić information content (AvgIpc) is 2.21. The van der Waals surface area contributed by atoms with E-state index >= 15 is 0 Å². The predicted octanol–water partition coefficient (Wildman–Crippen LogP) is 1.65. The minimum atomic E-state index is -5.24. The molecule has 1 heterocycles. The number of ether oxygens (including phenoxy) is 1. The van der Waals surface area contributed by atoms with Gasteiger partial charge in [0.25, 0.3) is 0 Å². The molecule has 1 rings (SSSR count). The summed E-state index contributed by atoms with van der Waals surface area (Å²) in [5, 5.41) is 18.9. The number of alkyl halides is 3. The number of hydrogen-bond donors (Lipinski definition) is 1. The molecule has 0 saturated heterocycles. The van der Waals surface area contributed by atoms with E-state index in [-0.39, 0.29) is 6.20 Å². The van der Waals surface area contributed by atoms with Crippen molar-refractivity contribution >= 4 is 11.8 Å². The van der Waals surface area contributed by atoms with Crippen molar-refractivity contribution in [2.24, 2.45) is 0 Å². The second-order valence-corrected chi connectivity index (χ2v) is 3.11. The standard InChI is InChI=1S/C8H4F4N2O5/c9-6-3(1-5(15)16)7(14(17)18)13-2-4(6)19-8(10,11)12/h2H,1H2,(H,15,16). The van der Waals surface area contributed by atoms with Crippen LogP contribution in [0.15, 0.2) is 6.20 Å². The number of aromatic nitrogens is 1. The van der Waals surface area contributed by atoms with Crippen molar-refractivity contribution in [3.05, 3.63) is 27.7 Å². The molecule has 11 heteroatoms. The van der Waals surface area contributed by atoms with Gasteiger partial charge in [-0.15, -0.1) is 13.2 Å². The van der Waals surface area contributed by atoms with Crippen LogP contribution < -0.4 is 4.74 Å². The third-order valence-electron chi connectivity index (χ3n) is 1.78. The fourth-order valence-corrected chi connectivity index (χ4v) is 1.16. The quantitative estimate of drug-likeness (QED) is 0.512. The maximum atomic E-state index is 13.6. The van der Waals surface area contributed by atoms with Crippen molar-refractivity contribution in [2.75, 3.05) is 0 Å². The summed E-state index contributed by atoms with van der Waals surface area (Å²) >= 11 is 0. The van der Waals surface area contributed by atoms with Gasteiger partial charge in [0.2, 0.25) is 5.75 Å². The fourth-order valence-electron chi connectivity index (χ4n) is 1.16. The van der Waals surface area contributed by atoms with Crippen molar-refractivity contribution in [3.8, 4) is 5.75 Å². The van der Waals surface area contributed by atoms with Crippen molar-refractivity contribution in [1.82, 2.24) is 4.98 Å². The molecule has 1 N–H and O–H groups in total. The molecule has 0 spiro atoms. The second-order valence-electron chi connectivity index (χ2n) is 3.11. The third kappa shape index (κ3) is 3.76. The van der Waals surface area contributed by atoms with Crippen LogP contribution in [0.4, 0.5) is 23.4 Å². The Bertz CT molecular complexity index is 531. The highest BCUT2D eigenvalue weighted by molar-refractivity contribution is 5.72. The van der Waals surface area contributed by atoms with Gasteiger partial charge in [-0.25, -0.2) is 4.39 Å². The van der Waals surface area contributed by atoms with Crippen LogP contribution in [0.25, 0.3) is 0 Å². The summed E-state index contributed by atoms with van der Waals surface area (Å²) in [4.78, 5) is 22.6. The molecule has 0 aliphatic carbocycles. The Kier molecular flexibility index (Phi) is 3.87. The number of pyridine rings is 1. The predicted molar refractivity (Wildman–Crippen MR) is 48.9 cm³/mol. The van der Waals surface area contributed by atoms with Crippen LogP contribution in [0.5, 0.6) is 5.75 Å². The summed E-state index contributed by atoms with van der Waals surface area (Å²) in [6.07, 6.45) is -6.28. The Labute approximate surface area is 101 Å². The molecule has 0 fully saturated rings. The van der Waals surface area contributed by atoms with Gasteiger partial charge in [0.1, 0.15) is 5.56 Å². The lowest BCUT2D eigenvalue weighted by Gasteiger charge is -2.09. The molecule has 19 heavy (non-hydrogen) atoms. The molecule has 0 atom stereocenters. The van der Waals surface area contributed by atoms with E-state index < -0.39 is 46.6 Å². The summed E-state index contributed by atoms with van der Waals surface area (Å²) in [7, 11) is 0. The van der Waals surface area contributed by atoms with E-state index in [1.54, 1.807) is 0 Å². The lowest BCUT2D eigenvalue weighted by Crippen LogP contribution is -2.19. The summed E-state index contributed by atoms with van der Waals surface area (Å²) < 4.78 is 52.5. The van der Waals surface area contributed by atoms with Crippen LogP contribution in [0.2, 0.25) is 0 Å². The maximum absolute atomic E-state index is 13.6. The molecule has 1 aromatic heterocycles. The molecule has 0 amide bonds. The molecular formula is C8H4F4N2O5. The van der Waals surface area contributed by atoms with Crippen LogP contribution in [0.3, 0.4) is 0 Å². The number of hydrogen-bond acceptors (Lipinski definition) is 5. The lowest BCUT2D eigenvalue weighted by molar-refractivity contribution is -0.390. The molecule has 0 saturated carbocycles. The van der Waals surface area contributed by atoms with Crippen LogP contribution in [-0.4, -0.2) is 27.3 Å². The van der Waals surface area contributed by atoms with Gasteiger partial charge in [0, 0.05) is 0 Å². The summed E-state index contributed by atoms with van der Waals surface area (Å²) in [5.74, 6) is -6.09. The first-order valence-electron chi connectivity index (χ1n) is 4.41. The molecule has 104 valence electrons. The van der Waals surface area contributed by atoms with Crippen LogP contribution in [-0.2, 0) is 11.2 Å². The third-order valence-corrected chi connectivity index (χ3v) is 1.78. The first-order valence-corrected chi connectivity index (χ1v) is 4.41. The van der Waals surface area contributed by atoms with Gasteiger partial charge >= 0.3 is 18.1 Å². The number of carbonyl (C=O) groups is 1. The minimum Gasteiger partial charge on any atom is -0.481 e. The van der Waals surface area contributed by atoms with E-state index in [2.05, 4.69) is 9.72 Å². The van der Waals surface area contributed by atoms with E-state index in [0.29, 0.717) is 0 Å². The molecule has 0 unspecified atom stereocenters.